The molecule has 3 heteroatoms. The second-order valence-corrected chi connectivity index (χ2v) is 5.26. The minimum absolute atomic E-state index is 0.0638. The van der Waals surface area contributed by atoms with Gasteiger partial charge >= 0.3 is 5.97 Å². The lowest BCUT2D eigenvalue weighted by Gasteiger charge is -2.26. The quantitative estimate of drug-likeness (QED) is 0.580. The van der Waals surface area contributed by atoms with Gasteiger partial charge < -0.3 is 4.74 Å². The number of ether oxygens (including phenoxy) is 1. The highest BCUT2D eigenvalue weighted by atomic mass is 19.1. The minimum atomic E-state index is -0.271. The first-order valence-corrected chi connectivity index (χ1v) is 6.62. The fraction of sp³-hybridized carbons (Fsp3) is 0.235. The Hall–Kier alpha value is -2.16. The van der Waals surface area contributed by atoms with E-state index in [0.717, 1.165) is 22.3 Å². The van der Waals surface area contributed by atoms with Crippen molar-refractivity contribution in [1.29, 1.82) is 0 Å². The van der Waals surface area contributed by atoms with Crippen LogP contribution in [0.3, 0.4) is 0 Å². The average molecular weight is 270 g/mol. The molecule has 0 saturated carbocycles. The summed E-state index contributed by atoms with van der Waals surface area (Å²) in [5.74, 6) is 0.0485. The zero-order valence-corrected chi connectivity index (χ0v) is 11.4. The predicted molar refractivity (Wildman–Crippen MR) is 74.4 cm³/mol. The van der Waals surface area contributed by atoms with Crippen LogP contribution in [0.15, 0.2) is 36.4 Å². The highest BCUT2D eigenvalue weighted by Gasteiger charge is 2.28. The summed E-state index contributed by atoms with van der Waals surface area (Å²) in [5, 5.41) is 0. The van der Waals surface area contributed by atoms with Crippen molar-refractivity contribution in [3.05, 3.63) is 64.5 Å². The Kier molecular flexibility index (Phi) is 3.05. The number of hydrogen-bond acceptors (Lipinski definition) is 2. The van der Waals surface area contributed by atoms with Crippen LogP contribution in [0, 0.1) is 19.7 Å². The van der Waals surface area contributed by atoms with Crippen LogP contribution in [0.4, 0.5) is 4.39 Å². The molecule has 2 aromatic rings. The first-order chi connectivity index (χ1) is 9.54. The molecular weight excluding hydrogens is 255 g/mol. The third-order valence-electron chi connectivity index (χ3n) is 3.87. The molecule has 3 rings (SSSR count). The minimum Gasteiger partial charge on any atom is -0.426 e. The Balaban J connectivity index is 2.12. The standard InChI is InChI=1S/C17H15FO2/c1-10-7-15-14(12-3-5-13(18)6-4-12)9-17(19)20-16(15)8-11(10)2/h3-8,14H,9H2,1-2H3/t14-/m1/s1. The Morgan fingerprint density at radius 1 is 1.10 bits per heavy atom. The molecule has 2 nitrogen and oxygen atoms in total. The molecule has 20 heavy (non-hydrogen) atoms. The zero-order valence-electron chi connectivity index (χ0n) is 11.4. The van der Waals surface area contributed by atoms with Gasteiger partial charge in [0.1, 0.15) is 11.6 Å². The van der Waals surface area contributed by atoms with E-state index in [1.54, 1.807) is 12.1 Å². The highest BCUT2D eigenvalue weighted by Crippen LogP contribution is 2.39. The fourth-order valence-electron chi connectivity index (χ4n) is 2.61. The summed E-state index contributed by atoms with van der Waals surface area (Å²) in [7, 11) is 0. The van der Waals surface area contributed by atoms with E-state index in [4.69, 9.17) is 4.74 Å². The summed E-state index contributed by atoms with van der Waals surface area (Å²) in [5.41, 5.74) is 4.19. The lowest BCUT2D eigenvalue weighted by molar-refractivity contribution is -0.135. The number of halogens is 1. The average Bonchev–Trinajstić information content (AvgIpc) is 2.41. The smallest absolute Gasteiger partial charge is 0.312 e. The Bertz CT molecular complexity index is 674. The van der Waals surface area contributed by atoms with E-state index in [2.05, 4.69) is 6.07 Å². The van der Waals surface area contributed by atoms with E-state index in [1.165, 1.54) is 12.1 Å². The van der Waals surface area contributed by atoms with Gasteiger partial charge in [-0.25, -0.2) is 4.39 Å². The molecule has 1 aliphatic heterocycles. The molecule has 0 fully saturated rings. The number of esters is 1. The molecule has 1 aliphatic rings. The van der Waals surface area contributed by atoms with E-state index < -0.39 is 0 Å². The molecule has 0 radical (unpaired) electrons. The molecule has 1 atom stereocenters. The Morgan fingerprint density at radius 2 is 1.75 bits per heavy atom. The number of benzene rings is 2. The zero-order chi connectivity index (χ0) is 14.3. The molecule has 2 aromatic carbocycles. The van der Waals surface area contributed by atoms with Crippen LogP contribution in [0.2, 0.25) is 0 Å². The summed E-state index contributed by atoms with van der Waals surface area (Å²) >= 11 is 0. The van der Waals surface area contributed by atoms with Gasteiger partial charge in [-0.15, -0.1) is 0 Å². The van der Waals surface area contributed by atoms with Gasteiger partial charge in [0.2, 0.25) is 0 Å². The van der Waals surface area contributed by atoms with Crippen molar-refractivity contribution < 1.29 is 13.9 Å². The summed E-state index contributed by atoms with van der Waals surface area (Å²) in [4.78, 5) is 11.8. The van der Waals surface area contributed by atoms with Gasteiger partial charge in [-0.2, -0.15) is 0 Å². The van der Waals surface area contributed by atoms with Crippen molar-refractivity contribution in [2.24, 2.45) is 0 Å². The topological polar surface area (TPSA) is 26.3 Å². The summed E-state index contributed by atoms with van der Waals surface area (Å²) in [6, 6.07) is 10.3. The summed E-state index contributed by atoms with van der Waals surface area (Å²) in [6.07, 6.45) is 0.293. The number of aryl methyl sites for hydroxylation is 2. The molecule has 0 amide bonds. The van der Waals surface area contributed by atoms with Gasteiger partial charge in [0, 0.05) is 11.5 Å². The molecule has 0 spiro atoms. The second-order valence-electron chi connectivity index (χ2n) is 5.26. The molecule has 0 saturated heterocycles. The maximum Gasteiger partial charge on any atom is 0.312 e. The SMILES string of the molecule is Cc1cc2c(cc1C)[C@@H](c1ccc(F)cc1)CC(=O)O2. The van der Waals surface area contributed by atoms with Crippen molar-refractivity contribution in [3.63, 3.8) is 0 Å². The van der Waals surface area contributed by atoms with Crippen molar-refractivity contribution >= 4 is 5.97 Å². The number of carbonyl (C=O) groups is 1. The third kappa shape index (κ3) is 2.20. The lowest BCUT2D eigenvalue weighted by atomic mass is 9.85. The van der Waals surface area contributed by atoms with Crippen LogP contribution >= 0.6 is 0 Å². The molecule has 0 unspecified atom stereocenters. The Morgan fingerprint density at radius 3 is 2.45 bits per heavy atom. The van der Waals surface area contributed by atoms with E-state index in [1.807, 2.05) is 19.9 Å². The van der Waals surface area contributed by atoms with Gasteiger partial charge in [-0.05, 0) is 48.7 Å². The van der Waals surface area contributed by atoms with Crippen LogP contribution in [0.25, 0.3) is 0 Å². The molecule has 102 valence electrons. The van der Waals surface area contributed by atoms with Gasteiger partial charge in [-0.1, -0.05) is 18.2 Å². The number of hydrogen-bond donors (Lipinski definition) is 0. The van der Waals surface area contributed by atoms with Gasteiger partial charge in [0.25, 0.3) is 0 Å². The number of rotatable bonds is 1. The van der Waals surface area contributed by atoms with Crippen molar-refractivity contribution in [2.45, 2.75) is 26.2 Å². The molecule has 0 bridgehead atoms. The van der Waals surface area contributed by atoms with E-state index in [0.29, 0.717) is 12.2 Å². The first-order valence-electron chi connectivity index (χ1n) is 6.62. The highest BCUT2D eigenvalue weighted by molar-refractivity contribution is 5.78. The molecule has 0 aromatic heterocycles. The van der Waals surface area contributed by atoms with Crippen LogP contribution in [-0.2, 0) is 4.79 Å². The monoisotopic (exact) mass is 270 g/mol. The first kappa shape index (κ1) is 12.9. The molecule has 0 N–H and O–H groups in total. The van der Waals surface area contributed by atoms with Crippen molar-refractivity contribution in [2.75, 3.05) is 0 Å². The molecule has 0 aliphatic carbocycles. The third-order valence-corrected chi connectivity index (χ3v) is 3.87. The van der Waals surface area contributed by atoms with Gasteiger partial charge in [0.15, 0.2) is 0 Å². The lowest BCUT2D eigenvalue weighted by Crippen LogP contribution is -2.21. The number of carbonyl (C=O) groups excluding carboxylic acids is 1. The maximum atomic E-state index is 13.1. The van der Waals surface area contributed by atoms with Crippen LogP contribution in [0.5, 0.6) is 5.75 Å². The van der Waals surface area contributed by atoms with Crippen LogP contribution in [-0.4, -0.2) is 5.97 Å². The van der Waals surface area contributed by atoms with Crippen molar-refractivity contribution in [3.8, 4) is 5.75 Å². The normalized spacial score (nSPS) is 17.6. The number of fused-ring (bicyclic) bond motifs is 1. The predicted octanol–water partition coefficient (Wildman–Crippen LogP) is 3.88. The van der Waals surface area contributed by atoms with Crippen molar-refractivity contribution in [1.82, 2.24) is 0 Å². The van der Waals surface area contributed by atoms with Crippen LogP contribution < -0.4 is 4.74 Å². The molecule has 1 heterocycles. The second kappa shape index (κ2) is 4.75. The Labute approximate surface area is 117 Å². The largest absolute Gasteiger partial charge is 0.426 e. The van der Waals surface area contributed by atoms with Gasteiger partial charge in [-0.3, -0.25) is 4.79 Å². The van der Waals surface area contributed by atoms with E-state index >= 15 is 0 Å². The fourth-order valence-corrected chi connectivity index (χ4v) is 2.61. The molecular formula is C17H15FO2. The van der Waals surface area contributed by atoms with Crippen LogP contribution in [0.1, 0.15) is 34.6 Å². The maximum absolute atomic E-state index is 13.1. The summed E-state index contributed by atoms with van der Waals surface area (Å²) < 4.78 is 18.4. The van der Waals surface area contributed by atoms with E-state index in [-0.39, 0.29) is 17.7 Å². The van der Waals surface area contributed by atoms with Gasteiger partial charge in [0.05, 0.1) is 6.42 Å². The summed E-state index contributed by atoms with van der Waals surface area (Å²) in [6.45, 7) is 4.03. The van der Waals surface area contributed by atoms with E-state index in [9.17, 15) is 9.18 Å².